The Morgan fingerprint density at radius 1 is 1.06 bits per heavy atom. The van der Waals surface area contributed by atoms with Crippen LogP contribution >= 0.6 is 23.2 Å². The number of rotatable bonds is 7. The molecule has 1 heterocycles. The van der Waals surface area contributed by atoms with E-state index >= 15 is 0 Å². The number of carbonyl (C=O) groups is 2. The molecule has 0 radical (unpaired) electrons. The van der Waals surface area contributed by atoms with Crippen molar-refractivity contribution in [3.8, 4) is 5.75 Å². The Bertz CT molecular complexity index is 977. The molecule has 0 aromatic heterocycles. The Morgan fingerprint density at radius 2 is 1.71 bits per heavy atom. The third-order valence-electron chi connectivity index (χ3n) is 8.63. The lowest BCUT2D eigenvalue weighted by Crippen LogP contribution is -2.85. The lowest BCUT2D eigenvalue weighted by atomic mass is 9.44. The van der Waals surface area contributed by atoms with Crippen LogP contribution in [0.1, 0.15) is 71.1 Å². The summed E-state index contributed by atoms with van der Waals surface area (Å²) in [4.78, 5) is 26.4. The highest BCUT2D eigenvalue weighted by atomic mass is 35.5. The highest BCUT2D eigenvalue weighted by Crippen LogP contribution is 2.60. The van der Waals surface area contributed by atoms with E-state index in [4.69, 9.17) is 27.9 Å². The van der Waals surface area contributed by atoms with Crippen LogP contribution < -0.4 is 20.8 Å². The van der Waals surface area contributed by atoms with E-state index in [0.29, 0.717) is 21.7 Å². The molecule has 2 atom stereocenters. The summed E-state index contributed by atoms with van der Waals surface area (Å²) in [7, 11) is 2.03. The Labute approximate surface area is 217 Å². The smallest absolute Gasteiger partial charge is 0.258 e. The zero-order chi connectivity index (χ0) is 24.8. The summed E-state index contributed by atoms with van der Waals surface area (Å²) in [6, 6.07) is 5.21. The molecule has 7 nitrogen and oxygen atoms in total. The molecule has 2 unspecified atom stereocenters. The van der Waals surface area contributed by atoms with Gasteiger partial charge in [0, 0.05) is 30.2 Å². The molecule has 1 saturated heterocycles. The predicted octanol–water partition coefficient (Wildman–Crippen LogP) is 4.22. The van der Waals surface area contributed by atoms with Crippen molar-refractivity contribution in [1.29, 1.82) is 0 Å². The molecule has 6 rings (SSSR count). The van der Waals surface area contributed by atoms with Gasteiger partial charge in [0.05, 0.1) is 10.0 Å². The largest absolute Gasteiger partial charge is 0.484 e. The van der Waals surface area contributed by atoms with Crippen molar-refractivity contribution >= 4 is 35.0 Å². The number of benzene rings is 1. The average molecular weight is 524 g/mol. The van der Waals surface area contributed by atoms with Crippen LogP contribution in [0.4, 0.5) is 0 Å². The zero-order valence-electron chi connectivity index (χ0n) is 20.6. The summed E-state index contributed by atoms with van der Waals surface area (Å²) < 4.78 is 5.57. The van der Waals surface area contributed by atoms with E-state index < -0.39 is 5.54 Å². The van der Waals surface area contributed by atoms with Crippen LogP contribution in [0.15, 0.2) is 18.2 Å². The highest BCUT2D eigenvalue weighted by Gasteiger charge is 2.70. The molecule has 4 aliphatic carbocycles. The first kappa shape index (κ1) is 25.1. The number of nitrogens with zero attached hydrogens (tertiary/aromatic N) is 1. The third-order valence-corrected chi connectivity index (χ3v) is 9.37. The molecule has 35 heavy (non-hydrogen) atoms. The molecule has 2 bridgehead atoms. The summed E-state index contributed by atoms with van der Waals surface area (Å²) in [5, 5.41) is 9.51. The molecule has 4 saturated carbocycles. The third kappa shape index (κ3) is 4.65. The summed E-state index contributed by atoms with van der Waals surface area (Å²) in [6.45, 7) is 2.08. The minimum Gasteiger partial charge on any atom is -0.484 e. The summed E-state index contributed by atoms with van der Waals surface area (Å²) in [5.41, 5.74) is 2.57. The number of likely N-dealkylation sites (N-methyl/N-ethyl adjacent to an activating group) is 1. The molecule has 1 aromatic rings. The molecule has 1 aliphatic heterocycles. The molecule has 1 aromatic carbocycles. The van der Waals surface area contributed by atoms with Gasteiger partial charge in [0.1, 0.15) is 11.3 Å². The van der Waals surface area contributed by atoms with E-state index in [1.165, 1.54) is 25.7 Å². The first-order valence-corrected chi connectivity index (χ1v) is 13.6. The zero-order valence-corrected chi connectivity index (χ0v) is 22.1. The molecule has 2 amide bonds. The van der Waals surface area contributed by atoms with Gasteiger partial charge in [-0.05, 0) is 63.5 Å². The lowest BCUT2D eigenvalue weighted by Gasteiger charge is -2.70. The van der Waals surface area contributed by atoms with Gasteiger partial charge in [-0.15, -0.1) is 0 Å². The van der Waals surface area contributed by atoms with E-state index in [-0.39, 0.29) is 35.5 Å². The highest BCUT2D eigenvalue weighted by molar-refractivity contribution is 6.42. The van der Waals surface area contributed by atoms with Gasteiger partial charge < -0.3 is 15.4 Å². The fourth-order valence-electron chi connectivity index (χ4n) is 7.17. The normalized spacial score (nSPS) is 34.9. The minimum absolute atomic E-state index is 0.0851. The SMILES string of the molecule is CC1CC(C(=O)NC23CC(NC(=O)COc4ccc(Cl)c(Cl)c4)(C2)C3)(C2CCCCCC2)N(C)N1. The predicted molar refractivity (Wildman–Crippen MR) is 136 cm³/mol. The van der Waals surface area contributed by atoms with Crippen molar-refractivity contribution < 1.29 is 14.3 Å². The molecular formula is C26H36Cl2N4O3. The van der Waals surface area contributed by atoms with Gasteiger partial charge in [0.25, 0.3) is 5.91 Å². The second-order valence-corrected chi connectivity index (χ2v) is 12.2. The van der Waals surface area contributed by atoms with Crippen molar-refractivity contribution in [3.05, 3.63) is 28.2 Å². The van der Waals surface area contributed by atoms with Crippen LogP contribution in [-0.2, 0) is 9.59 Å². The number of hydrogen-bond donors (Lipinski definition) is 3. The number of hydrogen-bond acceptors (Lipinski definition) is 5. The van der Waals surface area contributed by atoms with Gasteiger partial charge in [-0.2, -0.15) is 0 Å². The molecule has 9 heteroatoms. The number of carbonyl (C=O) groups excluding carboxylic acids is 2. The van der Waals surface area contributed by atoms with E-state index in [1.54, 1.807) is 18.2 Å². The Kier molecular flexibility index (Phi) is 6.75. The minimum atomic E-state index is -0.497. The number of hydrazine groups is 1. The van der Waals surface area contributed by atoms with Crippen molar-refractivity contribution in [2.45, 2.75) is 93.8 Å². The standard InChI is InChI=1S/C26H36Cl2N4O3/c1-17-12-26(32(2)31-17,18-7-5-3-4-6-8-18)23(34)30-25-14-24(15-25,16-25)29-22(33)13-35-19-9-10-20(27)21(28)11-19/h9-11,17-18,31H,3-8,12-16H2,1-2H3,(H,29,33)(H,30,34). The van der Waals surface area contributed by atoms with E-state index in [1.807, 2.05) is 7.05 Å². The van der Waals surface area contributed by atoms with Crippen LogP contribution in [0.3, 0.4) is 0 Å². The van der Waals surface area contributed by atoms with Crippen LogP contribution in [0.2, 0.25) is 10.0 Å². The van der Waals surface area contributed by atoms with Gasteiger partial charge in [-0.25, -0.2) is 5.01 Å². The monoisotopic (exact) mass is 522 g/mol. The van der Waals surface area contributed by atoms with E-state index in [0.717, 1.165) is 38.5 Å². The Balaban J connectivity index is 1.16. The second-order valence-electron chi connectivity index (χ2n) is 11.4. The second kappa shape index (κ2) is 9.40. The first-order chi connectivity index (χ1) is 16.7. The lowest BCUT2D eigenvalue weighted by molar-refractivity contribution is -0.159. The van der Waals surface area contributed by atoms with Gasteiger partial charge in [0.15, 0.2) is 6.61 Å². The fraction of sp³-hybridized carbons (Fsp3) is 0.692. The maximum absolute atomic E-state index is 13.9. The summed E-state index contributed by atoms with van der Waals surface area (Å²) >= 11 is 11.9. The van der Waals surface area contributed by atoms with Crippen LogP contribution in [-0.4, -0.2) is 53.1 Å². The van der Waals surface area contributed by atoms with Crippen molar-refractivity contribution in [2.75, 3.05) is 13.7 Å². The molecule has 0 spiro atoms. The Hall–Kier alpha value is -1.54. The van der Waals surface area contributed by atoms with Crippen molar-refractivity contribution in [2.24, 2.45) is 5.92 Å². The molecule has 3 N–H and O–H groups in total. The topological polar surface area (TPSA) is 82.7 Å². The molecule has 192 valence electrons. The van der Waals surface area contributed by atoms with Crippen molar-refractivity contribution in [3.63, 3.8) is 0 Å². The van der Waals surface area contributed by atoms with Gasteiger partial charge >= 0.3 is 0 Å². The number of nitrogens with one attached hydrogen (secondary N) is 3. The Morgan fingerprint density at radius 3 is 2.31 bits per heavy atom. The van der Waals surface area contributed by atoms with Gasteiger partial charge in [-0.1, -0.05) is 48.9 Å². The maximum Gasteiger partial charge on any atom is 0.258 e. The van der Waals surface area contributed by atoms with Gasteiger partial charge in [0.2, 0.25) is 5.91 Å². The molecule has 5 fully saturated rings. The first-order valence-electron chi connectivity index (χ1n) is 12.9. The van der Waals surface area contributed by atoms with Gasteiger partial charge in [-0.3, -0.25) is 15.0 Å². The maximum atomic E-state index is 13.9. The number of ether oxygens (including phenoxy) is 1. The van der Waals surface area contributed by atoms with Crippen molar-refractivity contribution in [1.82, 2.24) is 21.1 Å². The van der Waals surface area contributed by atoms with Crippen LogP contribution in [0.5, 0.6) is 5.75 Å². The summed E-state index contributed by atoms with van der Waals surface area (Å²) in [5.74, 6) is 0.862. The molecular weight excluding hydrogens is 487 g/mol. The van der Waals surface area contributed by atoms with Crippen LogP contribution in [0, 0.1) is 5.92 Å². The van der Waals surface area contributed by atoms with E-state index in [2.05, 4.69) is 28.0 Å². The summed E-state index contributed by atoms with van der Waals surface area (Å²) in [6.07, 6.45) is 10.3. The fourth-order valence-corrected chi connectivity index (χ4v) is 7.46. The average Bonchev–Trinajstić information content (AvgIpc) is 2.93. The van der Waals surface area contributed by atoms with Crippen LogP contribution in [0.25, 0.3) is 0 Å². The number of halogens is 2. The quantitative estimate of drug-likeness (QED) is 0.467. The molecule has 5 aliphatic rings. The number of amides is 2. The van der Waals surface area contributed by atoms with E-state index in [9.17, 15) is 9.59 Å².